The fourth-order valence-electron chi connectivity index (χ4n) is 1.03. The van der Waals surface area contributed by atoms with E-state index in [0.717, 1.165) is 0 Å². The second-order valence-corrected chi connectivity index (χ2v) is 2.90. The summed E-state index contributed by atoms with van der Waals surface area (Å²) in [6.45, 7) is 1.74. The first kappa shape index (κ1) is 9.32. The maximum atomic E-state index is 11.6. The Balaban J connectivity index is 2.11. The number of nitrogens with zero attached hydrogens (tertiary/aromatic N) is 3. The number of nitrogens with one attached hydrogen (secondary N) is 1. The van der Waals surface area contributed by atoms with Crippen LogP contribution >= 0.6 is 0 Å². The standard InChI is InChI=1S/C9H8N4O2/c1-6-2-8(13-15-6)12-9(14)7-3-10-5-11-4-7/h2-5H,1H3,(H,12,13,14). The molecule has 0 aliphatic rings. The first-order valence-corrected chi connectivity index (χ1v) is 4.25. The normalized spacial score (nSPS) is 9.93. The molecule has 0 radical (unpaired) electrons. The number of aromatic nitrogens is 3. The summed E-state index contributed by atoms with van der Waals surface area (Å²) in [7, 11) is 0. The van der Waals surface area contributed by atoms with Crippen LogP contribution in [0.5, 0.6) is 0 Å². The lowest BCUT2D eigenvalue weighted by atomic mass is 10.3. The zero-order valence-electron chi connectivity index (χ0n) is 7.97. The van der Waals surface area contributed by atoms with Crippen LogP contribution in [-0.2, 0) is 0 Å². The Labute approximate surface area is 85.3 Å². The summed E-state index contributed by atoms with van der Waals surface area (Å²) < 4.78 is 4.81. The number of carbonyl (C=O) groups is 1. The van der Waals surface area contributed by atoms with E-state index in [4.69, 9.17) is 4.52 Å². The van der Waals surface area contributed by atoms with Crippen molar-refractivity contribution < 1.29 is 9.32 Å². The Kier molecular flexibility index (Phi) is 2.40. The smallest absolute Gasteiger partial charge is 0.260 e. The molecule has 0 aliphatic carbocycles. The summed E-state index contributed by atoms with van der Waals surface area (Å²) in [5.41, 5.74) is 0.373. The van der Waals surface area contributed by atoms with Crippen molar-refractivity contribution in [2.24, 2.45) is 0 Å². The van der Waals surface area contributed by atoms with Crippen molar-refractivity contribution in [3.8, 4) is 0 Å². The van der Waals surface area contributed by atoms with Crippen molar-refractivity contribution in [1.29, 1.82) is 0 Å². The molecule has 0 aromatic carbocycles. The van der Waals surface area contributed by atoms with Gasteiger partial charge in [-0.05, 0) is 6.92 Å². The number of rotatable bonds is 2. The third-order valence-corrected chi connectivity index (χ3v) is 1.69. The summed E-state index contributed by atoms with van der Waals surface area (Å²) in [6, 6.07) is 1.63. The van der Waals surface area contributed by atoms with Crippen LogP contribution in [0, 0.1) is 6.92 Å². The Morgan fingerprint density at radius 1 is 1.40 bits per heavy atom. The van der Waals surface area contributed by atoms with Crippen LogP contribution in [0.1, 0.15) is 16.1 Å². The second kappa shape index (κ2) is 3.87. The minimum absolute atomic E-state index is 0.316. The third-order valence-electron chi connectivity index (χ3n) is 1.69. The van der Waals surface area contributed by atoms with Gasteiger partial charge in [0.25, 0.3) is 5.91 Å². The molecule has 0 bridgehead atoms. The number of hydrogen-bond acceptors (Lipinski definition) is 5. The number of aryl methyl sites for hydroxylation is 1. The molecular formula is C9H8N4O2. The first-order chi connectivity index (χ1) is 7.25. The van der Waals surface area contributed by atoms with Gasteiger partial charge in [-0.2, -0.15) is 0 Å². The van der Waals surface area contributed by atoms with Gasteiger partial charge >= 0.3 is 0 Å². The summed E-state index contributed by atoms with van der Waals surface area (Å²) in [6.07, 6.45) is 4.21. The lowest BCUT2D eigenvalue weighted by Crippen LogP contribution is -2.12. The molecule has 6 heteroatoms. The Morgan fingerprint density at radius 2 is 2.13 bits per heavy atom. The highest BCUT2D eigenvalue weighted by atomic mass is 16.5. The molecule has 2 rings (SSSR count). The van der Waals surface area contributed by atoms with Crippen LogP contribution < -0.4 is 5.32 Å². The average Bonchev–Trinajstić information content (AvgIpc) is 2.65. The molecule has 15 heavy (non-hydrogen) atoms. The van der Waals surface area contributed by atoms with E-state index in [1.54, 1.807) is 13.0 Å². The van der Waals surface area contributed by atoms with Crippen LogP contribution in [0.15, 0.2) is 29.3 Å². The van der Waals surface area contributed by atoms with Gasteiger partial charge in [0.2, 0.25) is 0 Å². The third kappa shape index (κ3) is 2.16. The molecule has 2 heterocycles. The summed E-state index contributed by atoms with van der Waals surface area (Å²) >= 11 is 0. The molecule has 0 spiro atoms. The van der Waals surface area contributed by atoms with Crippen molar-refractivity contribution in [3.63, 3.8) is 0 Å². The van der Waals surface area contributed by atoms with Gasteiger partial charge in [-0.25, -0.2) is 9.97 Å². The van der Waals surface area contributed by atoms with E-state index in [0.29, 0.717) is 17.1 Å². The van der Waals surface area contributed by atoms with Gasteiger partial charge in [-0.15, -0.1) is 0 Å². The van der Waals surface area contributed by atoms with Crippen molar-refractivity contribution in [2.75, 3.05) is 5.32 Å². The molecular weight excluding hydrogens is 196 g/mol. The van der Waals surface area contributed by atoms with Gasteiger partial charge < -0.3 is 9.84 Å². The molecule has 0 fully saturated rings. The van der Waals surface area contributed by atoms with E-state index in [-0.39, 0.29) is 5.91 Å². The molecule has 76 valence electrons. The topological polar surface area (TPSA) is 80.9 Å². The maximum Gasteiger partial charge on any atom is 0.260 e. The minimum Gasteiger partial charge on any atom is -0.360 e. The Morgan fingerprint density at radius 3 is 2.73 bits per heavy atom. The van der Waals surface area contributed by atoms with Crippen LogP contribution in [0.25, 0.3) is 0 Å². The predicted molar refractivity (Wildman–Crippen MR) is 51.2 cm³/mol. The molecule has 6 nitrogen and oxygen atoms in total. The van der Waals surface area contributed by atoms with Crippen molar-refractivity contribution in [2.45, 2.75) is 6.92 Å². The minimum atomic E-state index is -0.316. The van der Waals surface area contributed by atoms with Crippen LogP contribution in [0.3, 0.4) is 0 Å². The molecule has 0 saturated carbocycles. The highest BCUT2D eigenvalue weighted by Gasteiger charge is 2.08. The van der Waals surface area contributed by atoms with Crippen molar-refractivity contribution in [1.82, 2.24) is 15.1 Å². The van der Waals surface area contributed by atoms with Crippen LogP contribution in [-0.4, -0.2) is 21.0 Å². The van der Waals surface area contributed by atoms with E-state index in [2.05, 4.69) is 20.4 Å². The second-order valence-electron chi connectivity index (χ2n) is 2.90. The summed E-state index contributed by atoms with van der Waals surface area (Å²) in [5, 5.41) is 6.19. The van der Waals surface area contributed by atoms with Gasteiger partial charge in [0.1, 0.15) is 12.1 Å². The van der Waals surface area contributed by atoms with Gasteiger partial charge in [0, 0.05) is 18.5 Å². The Bertz CT molecular complexity index is 466. The first-order valence-electron chi connectivity index (χ1n) is 4.25. The molecule has 0 unspecified atom stereocenters. The number of hydrogen-bond donors (Lipinski definition) is 1. The largest absolute Gasteiger partial charge is 0.360 e. The van der Waals surface area contributed by atoms with Crippen molar-refractivity contribution in [3.05, 3.63) is 36.1 Å². The zero-order valence-corrected chi connectivity index (χ0v) is 7.97. The van der Waals surface area contributed by atoms with Crippen LogP contribution in [0.2, 0.25) is 0 Å². The number of amides is 1. The highest BCUT2D eigenvalue weighted by Crippen LogP contribution is 2.08. The molecule has 2 aromatic heterocycles. The van der Waals surface area contributed by atoms with Gasteiger partial charge in [-0.1, -0.05) is 5.16 Å². The molecule has 0 aliphatic heterocycles. The number of anilines is 1. The van der Waals surface area contributed by atoms with E-state index < -0.39 is 0 Å². The predicted octanol–water partition coefficient (Wildman–Crippen LogP) is 1.03. The molecule has 2 aromatic rings. The monoisotopic (exact) mass is 204 g/mol. The number of carbonyl (C=O) groups excluding carboxylic acids is 1. The molecule has 0 saturated heterocycles. The zero-order chi connectivity index (χ0) is 10.7. The van der Waals surface area contributed by atoms with Gasteiger partial charge in [0.05, 0.1) is 5.56 Å². The van der Waals surface area contributed by atoms with Gasteiger partial charge in [-0.3, -0.25) is 4.79 Å². The van der Waals surface area contributed by atoms with Crippen LogP contribution in [0.4, 0.5) is 5.82 Å². The van der Waals surface area contributed by atoms with Gasteiger partial charge in [0.15, 0.2) is 5.82 Å². The summed E-state index contributed by atoms with van der Waals surface area (Å²) in [5.74, 6) is 0.694. The Hall–Kier alpha value is -2.24. The van der Waals surface area contributed by atoms with E-state index in [1.165, 1.54) is 18.7 Å². The van der Waals surface area contributed by atoms with Crippen molar-refractivity contribution >= 4 is 11.7 Å². The molecule has 1 N–H and O–H groups in total. The fraction of sp³-hybridized carbons (Fsp3) is 0.111. The molecule has 0 atom stereocenters. The quantitative estimate of drug-likeness (QED) is 0.789. The average molecular weight is 204 g/mol. The SMILES string of the molecule is Cc1cc(NC(=O)c2cncnc2)no1. The lowest BCUT2D eigenvalue weighted by Gasteiger charge is -1.98. The fourth-order valence-corrected chi connectivity index (χ4v) is 1.03. The van der Waals surface area contributed by atoms with E-state index in [9.17, 15) is 4.79 Å². The highest BCUT2D eigenvalue weighted by molar-refractivity contribution is 6.03. The van der Waals surface area contributed by atoms with E-state index >= 15 is 0 Å². The van der Waals surface area contributed by atoms with E-state index in [1.807, 2.05) is 0 Å². The lowest BCUT2D eigenvalue weighted by molar-refractivity contribution is 0.102. The maximum absolute atomic E-state index is 11.6. The molecule has 1 amide bonds. The summed E-state index contributed by atoms with van der Waals surface area (Å²) in [4.78, 5) is 19.0.